The van der Waals surface area contributed by atoms with Gasteiger partial charge in [0.25, 0.3) is 0 Å². The molecule has 0 saturated carbocycles. The molecule has 0 unspecified atom stereocenters. The Labute approximate surface area is 150 Å². The molecule has 2 aliphatic heterocycles. The van der Waals surface area contributed by atoms with Gasteiger partial charge >= 0.3 is 0 Å². The molecule has 2 saturated heterocycles. The van der Waals surface area contributed by atoms with Gasteiger partial charge in [0.05, 0.1) is 5.92 Å². The predicted octanol–water partition coefficient (Wildman–Crippen LogP) is 2.16. The maximum absolute atomic E-state index is 12.3. The summed E-state index contributed by atoms with van der Waals surface area (Å²) in [5.74, 6) is -0.128. The summed E-state index contributed by atoms with van der Waals surface area (Å²) >= 11 is 0. The molecule has 136 valence electrons. The highest BCUT2D eigenvalue weighted by atomic mass is 16.2. The quantitative estimate of drug-likeness (QED) is 0.861. The summed E-state index contributed by atoms with van der Waals surface area (Å²) in [6.45, 7) is 7.13. The molecule has 0 aliphatic carbocycles. The molecule has 0 radical (unpaired) electrons. The molecular weight excluding hydrogens is 314 g/mol. The molecule has 1 atom stereocenters. The number of likely N-dealkylation sites (tertiary alicyclic amines) is 2. The molecule has 0 bridgehead atoms. The van der Waals surface area contributed by atoms with Crippen molar-refractivity contribution in [2.45, 2.75) is 45.7 Å². The summed E-state index contributed by atoms with van der Waals surface area (Å²) in [6, 6.07) is 8.51. The van der Waals surface area contributed by atoms with Crippen molar-refractivity contribution < 1.29 is 9.59 Å². The van der Waals surface area contributed by atoms with Crippen LogP contribution in [0.4, 0.5) is 0 Å². The Morgan fingerprint density at radius 1 is 1.12 bits per heavy atom. The van der Waals surface area contributed by atoms with Crippen molar-refractivity contribution in [2.75, 3.05) is 26.2 Å². The van der Waals surface area contributed by atoms with Crippen LogP contribution in [0.25, 0.3) is 0 Å². The summed E-state index contributed by atoms with van der Waals surface area (Å²) < 4.78 is 0. The first kappa shape index (κ1) is 17.9. The lowest BCUT2D eigenvalue weighted by molar-refractivity contribution is -0.128. The molecule has 2 amide bonds. The van der Waals surface area contributed by atoms with Gasteiger partial charge in [-0.25, -0.2) is 0 Å². The minimum Gasteiger partial charge on any atom is -0.352 e. The molecular formula is C20H29N3O2. The smallest absolute Gasteiger partial charge is 0.225 e. The predicted molar refractivity (Wildman–Crippen MR) is 97.8 cm³/mol. The molecule has 1 N–H and O–H groups in total. The van der Waals surface area contributed by atoms with Crippen molar-refractivity contribution >= 4 is 11.8 Å². The van der Waals surface area contributed by atoms with Crippen molar-refractivity contribution in [3.05, 3.63) is 35.4 Å². The lowest BCUT2D eigenvalue weighted by atomic mass is 10.1. The lowest BCUT2D eigenvalue weighted by Crippen LogP contribution is -2.32. The van der Waals surface area contributed by atoms with Gasteiger partial charge in [-0.2, -0.15) is 0 Å². The van der Waals surface area contributed by atoms with E-state index < -0.39 is 0 Å². The number of piperidine rings is 1. The lowest BCUT2D eigenvalue weighted by Gasteiger charge is -2.26. The molecule has 5 heteroatoms. The van der Waals surface area contributed by atoms with Gasteiger partial charge in [0.15, 0.2) is 0 Å². The first-order chi connectivity index (χ1) is 12.2. The normalized spacial score (nSPS) is 21.6. The Hall–Kier alpha value is -1.88. The highest BCUT2D eigenvalue weighted by Crippen LogP contribution is 2.18. The minimum absolute atomic E-state index is 0.0123. The highest BCUT2D eigenvalue weighted by Gasteiger charge is 2.33. The SMILES string of the molecule is CCN1C[C@H](C(=O)NCc2ccc(CN3CCCCC3)cc2)CC1=O. The number of benzene rings is 1. The summed E-state index contributed by atoms with van der Waals surface area (Å²) in [5.41, 5.74) is 2.43. The van der Waals surface area contributed by atoms with Crippen LogP contribution >= 0.6 is 0 Å². The van der Waals surface area contributed by atoms with Gasteiger partial charge in [0, 0.05) is 32.6 Å². The molecule has 1 aromatic carbocycles. The molecule has 2 aliphatic rings. The summed E-state index contributed by atoms with van der Waals surface area (Å²) in [6.07, 6.45) is 4.32. The third-order valence-corrected chi connectivity index (χ3v) is 5.31. The van der Waals surface area contributed by atoms with E-state index in [-0.39, 0.29) is 17.7 Å². The van der Waals surface area contributed by atoms with Gasteiger partial charge in [-0.1, -0.05) is 30.7 Å². The maximum atomic E-state index is 12.3. The Balaban J connectivity index is 1.45. The summed E-state index contributed by atoms with van der Waals surface area (Å²) in [7, 11) is 0. The Morgan fingerprint density at radius 3 is 2.44 bits per heavy atom. The van der Waals surface area contributed by atoms with E-state index in [4.69, 9.17) is 0 Å². The molecule has 0 aromatic heterocycles. The first-order valence-electron chi connectivity index (χ1n) is 9.51. The number of hydrogen-bond acceptors (Lipinski definition) is 3. The molecule has 3 rings (SSSR count). The van der Waals surface area contributed by atoms with Crippen LogP contribution in [0.1, 0.15) is 43.7 Å². The van der Waals surface area contributed by atoms with Crippen LogP contribution in [0.2, 0.25) is 0 Å². The van der Waals surface area contributed by atoms with Crippen LogP contribution in [0.3, 0.4) is 0 Å². The number of nitrogens with one attached hydrogen (secondary N) is 1. The second-order valence-corrected chi connectivity index (χ2v) is 7.20. The zero-order valence-corrected chi connectivity index (χ0v) is 15.2. The largest absolute Gasteiger partial charge is 0.352 e. The molecule has 2 heterocycles. The van der Waals surface area contributed by atoms with E-state index in [1.54, 1.807) is 4.90 Å². The average Bonchev–Trinajstić information content (AvgIpc) is 3.03. The summed E-state index contributed by atoms with van der Waals surface area (Å²) in [5, 5.41) is 2.98. The Morgan fingerprint density at radius 2 is 1.80 bits per heavy atom. The van der Waals surface area contributed by atoms with Crippen molar-refractivity contribution in [3.8, 4) is 0 Å². The van der Waals surface area contributed by atoms with Gasteiger partial charge in [-0.3, -0.25) is 14.5 Å². The summed E-state index contributed by atoms with van der Waals surface area (Å²) in [4.78, 5) is 28.3. The third-order valence-electron chi connectivity index (χ3n) is 5.31. The fraction of sp³-hybridized carbons (Fsp3) is 0.600. The zero-order chi connectivity index (χ0) is 17.6. The fourth-order valence-electron chi connectivity index (χ4n) is 3.73. The van der Waals surface area contributed by atoms with E-state index >= 15 is 0 Å². The number of carbonyl (C=O) groups is 2. The standard InChI is InChI=1S/C20H29N3O2/c1-2-23-15-18(12-19(23)24)20(25)21-13-16-6-8-17(9-7-16)14-22-10-4-3-5-11-22/h6-9,18H,2-5,10-15H2,1H3,(H,21,25)/t18-/m1/s1. The zero-order valence-electron chi connectivity index (χ0n) is 15.2. The van der Waals surface area contributed by atoms with Crippen molar-refractivity contribution in [2.24, 2.45) is 5.92 Å². The third kappa shape index (κ3) is 4.82. The number of nitrogens with zero attached hydrogens (tertiary/aromatic N) is 2. The Bertz CT molecular complexity index is 593. The van der Waals surface area contributed by atoms with Gasteiger partial charge in [-0.15, -0.1) is 0 Å². The monoisotopic (exact) mass is 343 g/mol. The van der Waals surface area contributed by atoms with E-state index in [0.717, 1.165) is 12.1 Å². The van der Waals surface area contributed by atoms with E-state index in [1.807, 2.05) is 6.92 Å². The number of carbonyl (C=O) groups excluding carboxylic acids is 2. The maximum Gasteiger partial charge on any atom is 0.225 e. The first-order valence-corrected chi connectivity index (χ1v) is 9.51. The topological polar surface area (TPSA) is 52.7 Å². The van der Waals surface area contributed by atoms with Gasteiger partial charge in [0.2, 0.25) is 11.8 Å². The van der Waals surface area contributed by atoms with Crippen LogP contribution < -0.4 is 5.32 Å². The highest BCUT2D eigenvalue weighted by molar-refractivity contribution is 5.89. The number of rotatable bonds is 6. The second-order valence-electron chi connectivity index (χ2n) is 7.20. The van der Waals surface area contributed by atoms with Crippen LogP contribution in [-0.2, 0) is 22.7 Å². The van der Waals surface area contributed by atoms with Crippen LogP contribution in [-0.4, -0.2) is 47.8 Å². The molecule has 1 aromatic rings. The molecule has 5 nitrogen and oxygen atoms in total. The number of amides is 2. The minimum atomic E-state index is -0.203. The second kappa shape index (κ2) is 8.48. The molecule has 0 spiro atoms. The van der Waals surface area contributed by atoms with E-state index in [1.165, 1.54) is 37.9 Å². The van der Waals surface area contributed by atoms with Crippen LogP contribution in [0, 0.1) is 5.92 Å². The Kier molecular flexibility index (Phi) is 6.08. The molecule has 2 fully saturated rings. The van der Waals surface area contributed by atoms with E-state index in [2.05, 4.69) is 34.5 Å². The number of hydrogen-bond donors (Lipinski definition) is 1. The van der Waals surface area contributed by atoms with Crippen LogP contribution in [0.15, 0.2) is 24.3 Å². The van der Waals surface area contributed by atoms with Gasteiger partial charge in [0.1, 0.15) is 0 Å². The van der Waals surface area contributed by atoms with E-state index in [0.29, 0.717) is 26.1 Å². The van der Waals surface area contributed by atoms with E-state index in [9.17, 15) is 9.59 Å². The van der Waals surface area contributed by atoms with Gasteiger partial charge in [-0.05, 0) is 44.0 Å². The average molecular weight is 343 g/mol. The van der Waals surface area contributed by atoms with Crippen molar-refractivity contribution in [3.63, 3.8) is 0 Å². The van der Waals surface area contributed by atoms with Crippen LogP contribution in [0.5, 0.6) is 0 Å². The van der Waals surface area contributed by atoms with Crippen molar-refractivity contribution in [1.82, 2.24) is 15.1 Å². The van der Waals surface area contributed by atoms with Gasteiger partial charge < -0.3 is 10.2 Å². The molecule has 25 heavy (non-hydrogen) atoms. The van der Waals surface area contributed by atoms with Crippen molar-refractivity contribution in [1.29, 1.82) is 0 Å². The fourth-order valence-corrected chi connectivity index (χ4v) is 3.73.